The van der Waals surface area contributed by atoms with Gasteiger partial charge in [-0.15, -0.1) is 11.8 Å². The average molecular weight is 387 g/mol. The van der Waals surface area contributed by atoms with E-state index in [9.17, 15) is 9.59 Å². The van der Waals surface area contributed by atoms with Crippen LogP contribution in [0.2, 0.25) is 5.02 Å². The van der Waals surface area contributed by atoms with E-state index in [1.54, 1.807) is 16.7 Å². The molecule has 0 bridgehead atoms. The lowest BCUT2D eigenvalue weighted by Crippen LogP contribution is -2.37. The number of carbonyl (C=O) groups excluding carboxylic acids is 2. The van der Waals surface area contributed by atoms with Gasteiger partial charge in [0.05, 0.1) is 5.92 Å². The normalized spacial score (nSPS) is 22.9. The zero-order valence-electron chi connectivity index (χ0n) is 14.2. The number of halogens is 1. The number of benzene rings is 2. The minimum Gasteiger partial charge on any atom is -0.325 e. The quantitative estimate of drug-likeness (QED) is 0.801. The van der Waals surface area contributed by atoms with Crippen molar-refractivity contribution in [1.29, 1.82) is 0 Å². The Morgan fingerprint density at radius 2 is 1.81 bits per heavy atom. The average Bonchev–Trinajstić information content (AvgIpc) is 3.29. The van der Waals surface area contributed by atoms with Crippen molar-refractivity contribution in [1.82, 2.24) is 4.90 Å². The van der Waals surface area contributed by atoms with Crippen LogP contribution in [0.4, 0.5) is 5.69 Å². The highest BCUT2D eigenvalue weighted by Gasteiger charge is 2.41. The van der Waals surface area contributed by atoms with Crippen molar-refractivity contribution >= 4 is 40.9 Å². The van der Waals surface area contributed by atoms with Crippen molar-refractivity contribution in [3.8, 4) is 0 Å². The Morgan fingerprint density at radius 1 is 1.08 bits per heavy atom. The van der Waals surface area contributed by atoms with Gasteiger partial charge in [-0.1, -0.05) is 48.0 Å². The second kappa shape index (κ2) is 7.33. The van der Waals surface area contributed by atoms with Crippen LogP contribution in [0.3, 0.4) is 0 Å². The maximum absolute atomic E-state index is 13.2. The van der Waals surface area contributed by atoms with E-state index in [0.29, 0.717) is 18.1 Å². The summed E-state index contributed by atoms with van der Waals surface area (Å²) in [5.41, 5.74) is 1.82. The molecular weight excluding hydrogens is 368 g/mol. The highest BCUT2D eigenvalue weighted by Crippen LogP contribution is 2.42. The van der Waals surface area contributed by atoms with E-state index in [2.05, 4.69) is 0 Å². The standard InChI is InChI=1S/C20H19ClN2O2S/c21-17-9-5-4-8-16(17)20-22(10-11-26-20)19(25)14-12-18(24)23(13-14)15-6-2-1-3-7-15/h1-9,14,20H,10-13H2. The summed E-state index contributed by atoms with van der Waals surface area (Å²) in [6, 6.07) is 17.2. The molecule has 2 atom stereocenters. The van der Waals surface area contributed by atoms with E-state index in [1.807, 2.05) is 59.5 Å². The largest absolute Gasteiger partial charge is 0.325 e. The minimum absolute atomic E-state index is 0.00990. The van der Waals surface area contributed by atoms with Crippen molar-refractivity contribution in [2.24, 2.45) is 5.92 Å². The van der Waals surface area contributed by atoms with Crippen molar-refractivity contribution in [2.75, 3.05) is 23.7 Å². The lowest BCUT2D eigenvalue weighted by Gasteiger charge is -2.27. The number of hydrogen-bond acceptors (Lipinski definition) is 3. The second-order valence-electron chi connectivity index (χ2n) is 6.52. The molecule has 2 aliphatic rings. The number of thioether (sulfide) groups is 1. The number of para-hydroxylation sites is 1. The molecule has 134 valence electrons. The Labute approximate surface area is 162 Å². The maximum atomic E-state index is 13.2. The van der Waals surface area contributed by atoms with E-state index in [0.717, 1.165) is 17.0 Å². The third-order valence-electron chi connectivity index (χ3n) is 4.89. The summed E-state index contributed by atoms with van der Waals surface area (Å²) >= 11 is 8.07. The summed E-state index contributed by atoms with van der Waals surface area (Å²) in [6.07, 6.45) is 0.268. The number of anilines is 1. The van der Waals surface area contributed by atoms with Gasteiger partial charge < -0.3 is 9.80 Å². The van der Waals surface area contributed by atoms with Crippen LogP contribution in [-0.4, -0.2) is 35.6 Å². The molecule has 2 aromatic carbocycles. The Kier molecular flexibility index (Phi) is 4.92. The van der Waals surface area contributed by atoms with Gasteiger partial charge >= 0.3 is 0 Å². The first-order valence-electron chi connectivity index (χ1n) is 8.67. The molecule has 2 aliphatic heterocycles. The third-order valence-corrected chi connectivity index (χ3v) is 6.47. The zero-order valence-corrected chi connectivity index (χ0v) is 15.7. The van der Waals surface area contributed by atoms with Crippen molar-refractivity contribution in [3.05, 3.63) is 65.2 Å². The monoisotopic (exact) mass is 386 g/mol. The first-order chi connectivity index (χ1) is 12.6. The first kappa shape index (κ1) is 17.4. The van der Waals surface area contributed by atoms with Crippen LogP contribution >= 0.6 is 23.4 Å². The molecule has 4 rings (SSSR count). The minimum atomic E-state index is -0.300. The van der Waals surface area contributed by atoms with Crippen LogP contribution in [-0.2, 0) is 9.59 Å². The molecule has 2 heterocycles. The van der Waals surface area contributed by atoms with Crippen LogP contribution in [0.1, 0.15) is 17.4 Å². The molecule has 0 aliphatic carbocycles. The summed E-state index contributed by atoms with van der Waals surface area (Å²) in [5.74, 6) is 0.638. The summed E-state index contributed by atoms with van der Waals surface area (Å²) in [5, 5.41) is 0.607. The molecular formula is C20H19ClN2O2S. The number of carbonyl (C=O) groups is 2. The highest BCUT2D eigenvalue weighted by molar-refractivity contribution is 7.99. The second-order valence-corrected chi connectivity index (χ2v) is 8.11. The van der Waals surface area contributed by atoms with E-state index in [1.165, 1.54) is 0 Å². The Bertz CT molecular complexity index is 830. The summed E-state index contributed by atoms with van der Waals surface area (Å²) < 4.78 is 0. The van der Waals surface area contributed by atoms with Gasteiger partial charge in [-0.25, -0.2) is 0 Å². The van der Waals surface area contributed by atoms with Crippen LogP contribution in [0, 0.1) is 5.92 Å². The summed E-state index contributed by atoms with van der Waals surface area (Å²) in [6.45, 7) is 1.13. The van der Waals surface area contributed by atoms with Crippen molar-refractivity contribution < 1.29 is 9.59 Å². The maximum Gasteiger partial charge on any atom is 0.229 e. The number of rotatable bonds is 3. The van der Waals surface area contributed by atoms with Gasteiger partial charge in [-0.05, 0) is 18.2 Å². The molecule has 2 unspecified atom stereocenters. The molecule has 0 radical (unpaired) electrons. The Balaban J connectivity index is 1.52. The molecule has 0 N–H and O–H groups in total. The van der Waals surface area contributed by atoms with Gasteiger partial charge in [0.15, 0.2) is 0 Å². The number of nitrogens with zero attached hydrogens (tertiary/aromatic N) is 2. The number of amides is 2. The lowest BCUT2D eigenvalue weighted by molar-refractivity contribution is -0.136. The molecule has 6 heteroatoms. The topological polar surface area (TPSA) is 40.6 Å². The molecule has 2 amide bonds. The molecule has 2 saturated heterocycles. The van der Waals surface area contributed by atoms with Gasteiger partial charge in [0, 0.05) is 41.5 Å². The van der Waals surface area contributed by atoms with Gasteiger partial charge in [0.2, 0.25) is 11.8 Å². The van der Waals surface area contributed by atoms with Gasteiger partial charge in [-0.2, -0.15) is 0 Å². The predicted octanol–water partition coefficient (Wildman–Crippen LogP) is 3.97. The van der Waals surface area contributed by atoms with E-state index in [4.69, 9.17) is 11.6 Å². The molecule has 2 aromatic rings. The molecule has 4 nitrogen and oxygen atoms in total. The Hall–Kier alpha value is -1.98. The van der Waals surface area contributed by atoms with Crippen molar-refractivity contribution in [2.45, 2.75) is 11.8 Å². The molecule has 0 spiro atoms. The van der Waals surface area contributed by atoms with Crippen LogP contribution in [0.25, 0.3) is 0 Å². The molecule has 0 aromatic heterocycles. The van der Waals surface area contributed by atoms with Gasteiger partial charge in [0.25, 0.3) is 0 Å². The molecule has 2 fully saturated rings. The fraction of sp³-hybridized carbons (Fsp3) is 0.300. The smallest absolute Gasteiger partial charge is 0.229 e. The van der Waals surface area contributed by atoms with E-state index in [-0.39, 0.29) is 29.5 Å². The third kappa shape index (κ3) is 3.21. The lowest BCUT2D eigenvalue weighted by atomic mass is 10.1. The first-order valence-corrected chi connectivity index (χ1v) is 10.1. The predicted molar refractivity (Wildman–Crippen MR) is 105 cm³/mol. The van der Waals surface area contributed by atoms with E-state index < -0.39 is 0 Å². The van der Waals surface area contributed by atoms with Gasteiger partial charge in [0.1, 0.15) is 5.37 Å². The SMILES string of the molecule is O=C1CC(C(=O)N2CCSC2c2ccccc2Cl)CN1c1ccccc1. The van der Waals surface area contributed by atoms with E-state index >= 15 is 0 Å². The molecule has 26 heavy (non-hydrogen) atoms. The summed E-state index contributed by atoms with van der Waals surface area (Å²) in [7, 11) is 0. The zero-order chi connectivity index (χ0) is 18.1. The number of hydrogen-bond donors (Lipinski definition) is 0. The van der Waals surface area contributed by atoms with Gasteiger partial charge in [-0.3, -0.25) is 9.59 Å². The van der Waals surface area contributed by atoms with Crippen LogP contribution in [0.5, 0.6) is 0 Å². The van der Waals surface area contributed by atoms with Crippen molar-refractivity contribution in [3.63, 3.8) is 0 Å². The van der Waals surface area contributed by atoms with Crippen LogP contribution in [0.15, 0.2) is 54.6 Å². The highest BCUT2D eigenvalue weighted by atomic mass is 35.5. The summed E-state index contributed by atoms with van der Waals surface area (Å²) in [4.78, 5) is 29.2. The fourth-order valence-corrected chi connectivity index (χ4v) is 5.20. The fourth-order valence-electron chi connectivity index (χ4n) is 3.59. The molecule has 0 saturated carbocycles. The Morgan fingerprint density at radius 3 is 2.58 bits per heavy atom. The van der Waals surface area contributed by atoms with Crippen LogP contribution < -0.4 is 4.90 Å².